The number of carbonyl (C=O) groups excluding carboxylic acids is 1. The van der Waals surface area contributed by atoms with Crippen LogP contribution in [-0.4, -0.2) is 27.2 Å². The van der Waals surface area contributed by atoms with Crippen molar-refractivity contribution in [2.24, 2.45) is 5.73 Å². The minimum Gasteiger partial charge on any atom is -0.352 e. The average Bonchev–Trinajstić information content (AvgIpc) is 2.54. The van der Waals surface area contributed by atoms with E-state index in [4.69, 9.17) is 5.73 Å². The van der Waals surface area contributed by atoms with Crippen molar-refractivity contribution in [3.05, 3.63) is 35.4 Å². The van der Waals surface area contributed by atoms with Gasteiger partial charge in [-0.05, 0) is 31.7 Å². The van der Waals surface area contributed by atoms with Crippen LogP contribution in [0.5, 0.6) is 0 Å². The zero-order valence-electron chi connectivity index (χ0n) is 13.4. The highest BCUT2D eigenvalue weighted by Gasteiger charge is 2.28. The Bertz CT molecular complexity index is 530. The first-order valence-electron chi connectivity index (χ1n) is 8.01. The van der Waals surface area contributed by atoms with E-state index in [-0.39, 0.29) is 17.2 Å². The molecule has 1 amide bonds. The molecule has 0 aromatic heterocycles. The predicted molar refractivity (Wildman–Crippen MR) is 91.0 cm³/mol. The van der Waals surface area contributed by atoms with E-state index in [2.05, 4.69) is 5.32 Å². The highest BCUT2D eigenvalue weighted by atomic mass is 32.2. The number of nitrogens with one attached hydrogen (secondary N) is 1. The maximum absolute atomic E-state index is 12.3. The fourth-order valence-corrected chi connectivity index (χ4v) is 4.31. The minimum atomic E-state index is -0.781. The Labute approximate surface area is 135 Å². The molecule has 4 nitrogen and oxygen atoms in total. The first-order chi connectivity index (χ1) is 10.5. The Balaban J connectivity index is 1.93. The quantitative estimate of drug-likeness (QED) is 0.873. The van der Waals surface area contributed by atoms with Crippen molar-refractivity contribution < 1.29 is 9.00 Å². The van der Waals surface area contributed by atoms with Crippen LogP contribution in [-0.2, 0) is 15.6 Å². The van der Waals surface area contributed by atoms with E-state index in [0.29, 0.717) is 5.75 Å². The topological polar surface area (TPSA) is 72.2 Å². The maximum atomic E-state index is 12.3. The highest BCUT2D eigenvalue weighted by Crippen LogP contribution is 2.23. The Hall–Kier alpha value is -1.20. The molecule has 0 aliphatic heterocycles. The Morgan fingerprint density at radius 2 is 2.05 bits per heavy atom. The lowest BCUT2D eigenvalue weighted by Crippen LogP contribution is -2.44. The van der Waals surface area contributed by atoms with Gasteiger partial charge in [-0.1, -0.05) is 43.2 Å². The molecular formula is C17H26N2O2S. The summed E-state index contributed by atoms with van der Waals surface area (Å²) in [4.78, 5) is 12.3. The Kier molecular flexibility index (Phi) is 6.15. The molecule has 4 unspecified atom stereocenters. The summed E-state index contributed by atoms with van der Waals surface area (Å²) in [5.74, 6) is 0.547. The maximum Gasteiger partial charge on any atom is 0.241 e. The third kappa shape index (κ3) is 4.40. The normalized spacial score (nSPS) is 24.5. The van der Waals surface area contributed by atoms with Gasteiger partial charge in [0.15, 0.2) is 0 Å². The summed E-state index contributed by atoms with van der Waals surface area (Å²) in [6.45, 7) is 3.96. The second kappa shape index (κ2) is 7.88. The van der Waals surface area contributed by atoms with Crippen molar-refractivity contribution in [1.29, 1.82) is 0 Å². The Morgan fingerprint density at radius 3 is 2.68 bits per heavy atom. The van der Waals surface area contributed by atoms with Gasteiger partial charge in [-0.3, -0.25) is 9.00 Å². The molecule has 1 aliphatic rings. The summed E-state index contributed by atoms with van der Waals surface area (Å²) >= 11 is 0. The molecule has 1 fully saturated rings. The van der Waals surface area contributed by atoms with Crippen LogP contribution >= 0.6 is 0 Å². The van der Waals surface area contributed by atoms with Gasteiger partial charge in [-0.15, -0.1) is 0 Å². The molecule has 2 rings (SSSR count). The highest BCUT2D eigenvalue weighted by molar-refractivity contribution is 7.85. The Morgan fingerprint density at radius 1 is 1.36 bits per heavy atom. The summed E-state index contributed by atoms with van der Waals surface area (Å²) in [7, 11) is -0.781. The van der Waals surface area contributed by atoms with Crippen LogP contribution in [0.1, 0.15) is 49.8 Å². The molecule has 22 heavy (non-hydrogen) atoms. The van der Waals surface area contributed by atoms with Gasteiger partial charge in [0.1, 0.15) is 6.04 Å². The van der Waals surface area contributed by atoms with Crippen LogP contribution < -0.4 is 11.1 Å². The number of rotatable bonds is 5. The third-order valence-electron chi connectivity index (χ3n) is 4.35. The number of hydrogen-bond acceptors (Lipinski definition) is 3. The molecule has 1 saturated carbocycles. The number of benzene rings is 1. The zero-order chi connectivity index (χ0) is 16.1. The van der Waals surface area contributed by atoms with E-state index in [1.807, 2.05) is 38.1 Å². The van der Waals surface area contributed by atoms with Crippen LogP contribution in [0.15, 0.2) is 24.3 Å². The van der Waals surface area contributed by atoms with Gasteiger partial charge in [-0.2, -0.15) is 0 Å². The van der Waals surface area contributed by atoms with E-state index in [0.717, 1.165) is 36.8 Å². The predicted octanol–water partition coefficient (Wildman–Crippen LogP) is 2.19. The number of amides is 1. The zero-order valence-corrected chi connectivity index (χ0v) is 14.2. The SMILES string of the molecule is CCS(=O)C1CCCC(NC(=O)C(N)c2ccc(C)cc2)C1. The van der Waals surface area contributed by atoms with E-state index in [1.54, 1.807) is 0 Å². The molecule has 0 bridgehead atoms. The van der Waals surface area contributed by atoms with Crippen molar-refractivity contribution in [1.82, 2.24) is 5.32 Å². The molecule has 1 aromatic carbocycles. The van der Waals surface area contributed by atoms with Gasteiger partial charge in [0.25, 0.3) is 0 Å². The van der Waals surface area contributed by atoms with Crippen LogP contribution in [0.2, 0.25) is 0 Å². The van der Waals surface area contributed by atoms with Crippen LogP contribution in [0.3, 0.4) is 0 Å². The van der Waals surface area contributed by atoms with E-state index >= 15 is 0 Å². The molecule has 0 heterocycles. The lowest BCUT2D eigenvalue weighted by molar-refractivity contribution is -0.123. The smallest absolute Gasteiger partial charge is 0.241 e. The second-order valence-corrected chi connectivity index (χ2v) is 8.06. The van der Waals surface area contributed by atoms with Crippen molar-refractivity contribution in [2.75, 3.05) is 5.75 Å². The van der Waals surface area contributed by atoms with E-state index in [1.165, 1.54) is 0 Å². The monoisotopic (exact) mass is 322 g/mol. The molecule has 0 radical (unpaired) electrons. The summed E-state index contributed by atoms with van der Waals surface area (Å²) in [5.41, 5.74) is 8.03. The number of aryl methyl sites for hydroxylation is 1. The van der Waals surface area contributed by atoms with Gasteiger partial charge >= 0.3 is 0 Å². The number of hydrogen-bond donors (Lipinski definition) is 2. The standard InChI is InChI=1S/C17H26N2O2S/c1-3-22(21)15-6-4-5-14(11-15)19-17(20)16(18)13-9-7-12(2)8-10-13/h7-10,14-16H,3-6,11,18H2,1-2H3,(H,19,20). The fraction of sp³-hybridized carbons (Fsp3) is 0.588. The largest absolute Gasteiger partial charge is 0.352 e. The molecular weight excluding hydrogens is 296 g/mol. The van der Waals surface area contributed by atoms with Crippen molar-refractivity contribution >= 4 is 16.7 Å². The van der Waals surface area contributed by atoms with Crippen molar-refractivity contribution in [3.8, 4) is 0 Å². The minimum absolute atomic E-state index is 0.0956. The van der Waals surface area contributed by atoms with Crippen molar-refractivity contribution in [2.45, 2.75) is 56.9 Å². The van der Waals surface area contributed by atoms with E-state index in [9.17, 15) is 9.00 Å². The fourth-order valence-electron chi connectivity index (χ4n) is 2.97. The first-order valence-corrected chi connectivity index (χ1v) is 9.39. The lowest BCUT2D eigenvalue weighted by atomic mass is 9.94. The van der Waals surface area contributed by atoms with E-state index < -0.39 is 16.8 Å². The van der Waals surface area contributed by atoms with Crippen LogP contribution in [0.25, 0.3) is 0 Å². The molecule has 0 spiro atoms. The summed E-state index contributed by atoms with van der Waals surface area (Å²) < 4.78 is 12.0. The van der Waals surface area contributed by atoms with Gasteiger partial charge in [0.05, 0.1) is 0 Å². The first kappa shape index (κ1) is 17.2. The van der Waals surface area contributed by atoms with Gasteiger partial charge in [0, 0.05) is 27.8 Å². The molecule has 4 atom stereocenters. The van der Waals surface area contributed by atoms with Crippen LogP contribution in [0, 0.1) is 6.92 Å². The number of nitrogens with two attached hydrogens (primary N) is 1. The summed E-state index contributed by atoms with van der Waals surface area (Å²) in [6, 6.07) is 7.17. The molecule has 1 aromatic rings. The van der Waals surface area contributed by atoms with Gasteiger partial charge in [0.2, 0.25) is 5.91 Å². The summed E-state index contributed by atoms with van der Waals surface area (Å²) in [6.07, 6.45) is 3.76. The van der Waals surface area contributed by atoms with Crippen molar-refractivity contribution in [3.63, 3.8) is 0 Å². The molecule has 5 heteroatoms. The van der Waals surface area contributed by atoms with Gasteiger partial charge in [-0.25, -0.2) is 0 Å². The second-order valence-electron chi connectivity index (χ2n) is 6.05. The summed E-state index contributed by atoms with van der Waals surface area (Å²) in [5, 5.41) is 3.25. The number of carbonyl (C=O) groups is 1. The van der Waals surface area contributed by atoms with Crippen LogP contribution in [0.4, 0.5) is 0 Å². The lowest BCUT2D eigenvalue weighted by Gasteiger charge is -2.29. The molecule has 1 aliphatic carbocycles. The third-order valence-corrected chi connectivity index (χ3v) is 6.09. The molecule has 0 saturated heterocycles. The molecule has 3 N–H and O–H groups in total. The average molecular weight is 322 g/mol. The molecule has 122 valence electrons. The van der Waals surface area contributed by atoms with Gasteiger partial charge < -0.3 is 11.1 Å².